The van der Waals surface area contributed by atoms with E-state index < -0.39 is 40.5 Å². The maximum absolute atomic E-state index is 15.2. The van der Waals surface area contributed by atoms with Crippen LogP contribution >= 0.6 is 21.6 Å². The number of rotatable bonds is 6. The summed E-state index contributed by atoms with van der Waals surface area (Å²) in [5, 5.41) is 15.2. The van der Waals surface area contributed by atoms with Crippen molar-refractivity contribution in [1.82, 2.24) is 14.9 Å². The minimum Gasteiger partial charge on any atom is -0.458 e. The lowest BCUT2D eigenvalue weighted by atomic mass is 9.81. The number of halogens is 1. The highest BCUT2D eigenvalue weighted by Gasteiger charge is 2.46. The number of benzene rings is 1. The molecule has 254 valence electrons. The Balaban J connectivity index is 1.24. The van der Waals surface area contributed by atoms with Crippen molar-refractivity contribution in [3.63, 3.8) is 0 Å². The lowest BCUT2D eigenvalue weighted by Crippen LogP contribution is -2.44. The Morgan fingerprint density at radius 3 is 2.62 bits per heavy atom. The average molecular weight is 696 g/mol. The molecule has 2 aliphatic heterocycles. The van der Waals surface area contributed by atoms with Gasteiger partial charge in [0.25, 0.3) is 5.56 Å². The molecule has 1 saturated carbocycles. The number of cyclic esters (lactones) is 1. The van der Waals surface area contributed by atoms with Gasteiger partial charge in [0, 0.05) is 28.0 Å². The van der Waals surface area contributed by atoms with Crippen LogP contribution in [0.3, 0.4) is 0 Å². The molecule has 2 N–H and O–H groups in total. The Bertz CT molecular complexity index is 1980. The predicted molar refractivity (Wildman–Crippen MR) is 181 cm³/mol. The summed E-state index contributed by atoms with van der Waals surface area (Å²) in [7, 11) is 2.71. The van der Waals surface area contributed by atoms with Gasteiger partial charge in [0.05, 0.1) is 39.8 Å². The zero-order valence-corrected chi connectivity index (χ0v) is 29.2. The van der Waals surface area contributed by atoms with Gasteiger partial charge < -0.3 is 24.5 Å². The standard InChI is InChI=1S/C35H38FN3O7S2/c1-6-35(44)21-12-25-28-19(14-39(25)29(40)20(21)15-45-30(35)41)27-23(9-8-18-17(2)22(36)13-24(37-28)26(18)27)38-32(43)46-16-34(10-7-11-34)48-47-31(42)33(3,4)5/h12-13,23,44H,6-11,14-16H2,1-5H3,(H,38,43)/t23-,35-/m0/s1. The minimum atomic E-state index is -1.98. The highest BCUT2D eigenvalue weighted by Crippen LogP contribution is 2.51. The molecule has 48 heavy (non-hydrogen) atoms. The molecule has 0 unspecified atom stereocenters. The van der Waals surface area contributed by atoms with Gasteiger partial charge in [-0.05, 0) is 72.6 Å². The molecule has 2 aromatic heterocycles. The number of carbonyl (C=O) groups is 3. The van der Waals surface area contributed by atoms with Gasteiger partial charge in [-0.1, -0.05) is 44.9 Å². The van der Waals surface area contributed by atoms with Crippen LogP contribution in [0.15, 0.2) is 16.9 Å². The maximum Gasteiger partial charge on any atom is 0.407 e. The molecule has 1 aromatic carbocycles. The molecule has 0 bridgehead atoms. The summed E-state index contributed by atoms with van der Waals surface area (Å²) in [6.07, 6.45) is 3.09. The fraction of sp³-hybridized carbons (Fsp3) is 0.514. The molecule has 0 spiro atoms. The molecule has 3 aromatic rings. The van der Waals surface area contributed by atoms with E-state index >= 15 is 4.39 Å². The lowest BCUT2D eigenvalue weighted by Gasteiger charge is -2.40. The Morgan fingerprint density at radius 2 is 1.96 bits per heavy atom. The third kappa shape index (κ3) is 5.15. The van der Waals surface area contributed by atoms with Gasteiger partial charge in [0.2, 0.25) is 5.12 Å². The van der Waals surface area contributed by atoms with Crippen LogP contribution in [-0.2, 0) is 44.2 Å². The number of aromatic nitrogens is 2. The fourth-order valence-corrected chi connectivity index (χ4v) is 10.4. The SMILES string of the molecule is CC[C@@]1(O)C(=O)OCc2c1cc1n(c2=O)Cc2c-1nc1cc(F)c(C)c3c1c2[C@@H](NC(=O)OCC1(SSC(=O)C(C)(C)C)CCC1)CC3. The van der Waals surface area contributed by atoms with Crippen molar-refractivity contribution in [1.29, 1.82) is 0 Å². The highest BCUT2D eigenvalue weighted by molar-refractivity contribution is 8.82. The molecule has 0 radical (unpaired) electrons. The van der Waals surface area contributed by atoms with Crippen molar-refractivity contribution in [2.75, 3.05) is 6.61 Å². The van der Waals surface area contributed by atoms with Crippen molar-refractivity contribution in [2.24, 2.45) is 5.41 Å². The molecule has 13 heteroatoms. The first kappa shape index (κ1) is 33.1. The number of esters is 1. The molecule has 4 heterocycles. The van der Waals surface area contributed by atoms with Gasteiger partial charge in [-0.15, -0.1) is 0 Å². The number of aryl methyl sites for hydroxylation is 1. The van der Waals surface area contributed by atoms with E-state index in [0.717, 1.165) is 41.3 Å². The van der Waals surface area contributed by atoms with Crippen LogP contribution in [0.25, 0.3) is 22.3 Å². The minimum absolute atomic E-state index is 0.0122. The molecule has 10 nitrogen and oxygen atoms in total. The zero-order valence-electron chi connectivity index (χ0n) is 27.6. The van der Waals surface area contributed by atoms with Crippen LogP contribution in [0.4, 0.5) is 9.18 Å². The van der Waals surface area contributed by atoms with E-state index in [1.165, 1.54) is 27.7 Å². The molecular formula is C35H38FN3O7S2. The van der Waals surface area contributed by atoms with E-state index in [2.05, 4.69) is 5.32 Å². The van der Waals surface area contributed by atoms with Crippen molar-refractivity contribution < 1.29 is 33.4 Å². The molecule has 1 fully saturated rings. The molecular weight excluding hydrogens is 658 g/mol. The van der Waals surface area contributed by atoms with Crippen molar-refractivity contribution in [3.05, 3.63) is 61.7 Å². The van der Waals surface area contributed by atoms with E-state index in [1.54, 1.807) is 24.5 Å². The summed E-state index contributed by atoms with van der Waals surface area (Å²) >= 11 is 0. The number of alkyl carbamates (subject to hydrolysis) is 1. The quantitative estimate of drug-likeness (QED) is 0.179. The van der Waals surface area contributed by atoms with Gasteiger partial charge in [0.15, 0.2) is 5.60 Å². The number of hydrogen-bond donors (Lipinski definition) is 2. The number of nitrogens with zero attached hydrogens (tertiary/aromatic N) is 2. The van der Waals surface area contributed by atoms with Crippen LogP contribution in [0, 0.1) is 18.2 Å². The van der Waals surface area contributed by atoms with E-state index in [4.69, 9.17) is 14.5 Å². The Kier molecular flexibility index (Phi) is 7.99. The van der Waals surface area contributed by atoms with Gasteiger partial charge in [-0.2, -0.15) is 0 Å². The monoisotopic (exact) mass is 695 g/mol. The third-order valence-electron chi connectivity index (χ3n) is 10.3. The topological polar surface area (TPSA) is 137 Å². The van der Waals surface area contributed by atoms with E-state index in [0.29, 0.717) is 35.3 Å². The van der Waals surface area contributed by atoms with Crippen LogP contribution in [0.2, 0.25) is 0 Å². The van der Waals surface area contributed by atoms with Gasteiger partial charge >= 0.3 is 12.1 Å². The van der Waals surface area contributed by atoms with E-state index in [1.807, 2.05) is 20.8 Å². The second kappa shape index (κ2) is 11.6. The summed E-state index contributed by atoms with van der Waals surface area (Å²) in [5.74, 6) is -1.20. The zero-order chi connectivity index (χ0) is 34.3. The number of nitrogens with one attached hydrogen (secondary N) is 1. The number of carbonyl (C=O) groups excluding carboxylic acids is 3. The van der Waals surface area contributed by atoms with Crippen molar-refractivity contribution in [2.45, 2.75) is 103 Å². The van der Waals surface area contributed by atoms with Gasteiger partial charge in [0.1, 0.15) is 19.0 Å². The largest absolute Gasteiger partial charge is 0.458 e. The number of amides is 1. The van der Waals surface area contributed by atoms with E-state index in [9.17, 15) is 24.3 Å². The molecule has 2 aliphatic carbocycles. The summed E-state index contributed by atoms with van der Waals surface area (Å²) in [6.45, 7) is 9.09. The van der Waals surface area contributed by atoms with Crippen LogP contribution < -0.4 is 10.9 Å². The third-order valence-corrected chi connectivity index (χ3v) is 13.8. The van der Waals surface area contributed by atoms with E-state index in [-0.39, 0.29) is 47.2 Å². The van der Waals surface area contributed by atoms with Gasteiger partial charge in [-0.3, -0.25) is 9.59 Å². The Labute approximate surface area is 284 Å². The second-order valence-corrected chi connectivity index (χ2v) is 16.9. The van der Waals surface area contributed by atoms with Crippen LogP contribution in [0.5, 0.6) is 0 Å². The lowest BCUT2D eigenvalue weighted by molar-refractivity contribution is -0.172. The van der Waals surface area contributed by atoms with Crippen molar-refractivity contribution >= 4 is 49.7 Å². The van der Waals surface area contributed by atoms with Crippen molar-refractivity contribution in [3.8, 4) is 11.4 Å². The molecule has 7 rings (SSSR count). The van der Waals surface area contributed by atoms with Crippen LogP contribution in [0.1, 0.15) is 99.2 Å². The Hall–Kier alpha value is -3.42. The number of fused-ring (bicyclic) bond motifs is 5. The molecule has 2 atom stereocenters. The van der Waals surface area contributed by atoms with Crippen LogP contribution in [-0.4, -0.2) is 43.2 Å². The second-order valence-electron chi connectivity index (χ2n) is 14.4. The summed E-state index contributed by atoms with van der Waals surface area (Å²) < 4.78 is 27.5. The Morgan fingerprint density at radius 1 is 1.21 bits per heavy atom. The fourth-order valence-electron chi connectivity index (χ4n) is 7.15. The van der Waals surface area contributed by atoms with Gasteiger partial charge in [-0.25, -0.2) is 19.0 Å². The summed E-state index contributed by atoms with van der Waals surface area (Å²) in [5.41, 5.74) is 1.62. The number of ether oxygens (including phenoxy) is 2. The number of hydrogen-bond acceptors (Lipinski definition) is 10. The average Bonchev–Trinajstić information content (AvgIpc) is 3.39. The first-order valence-corrected chi connectivity index (χ1v) is 18.5. The number of pyridine rings is 2. The first-order chi connectivity index (χ1) is 22.7. The molecule has 0 saturated heterocycles. The summed E-state index contributed by atoms with van der Waals surface area (Å²) in [6, 6.07) is 2.50. The maximum atomic E-state index is 15.2. The smallest absolute Gasteiger partial charge is 0.407 e. The normalized spacial score (nSPS) is 21.9. The highest BCUT2D eigenvalue weighted by atomic mass is 33.1. The molecule has 4 aliphatic rings. The summed E-state index contributed by atoms with van der Waals surface area (Å²) in [4.78, 5) is 57.3. The predicted octanol–water partition coefficient (Wildman–Crippen LogP) is 6.12. The number of aliphatic hydroxyl groups is 1. The first-order valence-electron chi connectivity index (χ1n) is 16.3. The molecule has 1 amide bonds.